The summed E-state index contributed by atoms with van der Waals surface area (Å²) in [7, 11) is -2.98. The quantitative estimate of drug-likeness (QED) is 0.726. The van der Waals surface area contributed by atoms with Crippen LogP contribution in [0.2, 0.25) is 0 Å². The van der Waals surface area contributed by atoms with Gasteiger partial charge in [-0.05, 0) is 32.5 Å². The Morgan fingerprint density at radius 1 is 1.54 bits per heavy atom. The monoisotopic (exact) mass is 390 g/mol. The molecule has 1 unspecified atom stereocenters. The molecule has 1 aromatic heterocycles. The first-order chi connectivity index (χ1) is 11.1. The molecule has 0 bridgehead atoms. The summed E-state index contributed by atoms with van der Waals surface area (Å²) in [5.74, 6) is 0.234. The van der Waals surface area contributed by atoms with Crippen molar-refractivity contribution in [2.24, 2.45) is 0 Å². The number of nitrogens with zero attached hydrogens (tertiary/aromatic N) is 2. The number of hydrogen-bond donors (Lipinski definition) is 2. The van der Waals surface area contributed by atoms with Crippen LogP contribution in [0.5, 0.6) is 0 Å². The van der Waals surface area contributed by atoms with Crippen molar-refractivity contribution in [3.63, 3.8) is 0 Å². The summed E-state index contributed by atoms with van der Waals surface area (Å²) in [6.07, 6.45) is 0.544. The van der Waals surface area contributed by atoms with E-state index in [0.717, 1.165) is 5.69 Å². The van der Waals surface area contributed by atoms with E-state index in [2.05, 4.69) is 15.6 Å². The molecule has 2 rings (SSSR count). The average Bonchev–Trinajstić information content (AvgIpc) is 3.02. The molecular weight excluding hydrogens is 368 g/mol. The van der Waals surface area contributed by atoms with Crippen LogP contribution in [0.15, 0.2) is 5.38 Å². The maximum absolute atomic E-state index is 11.6. The molecular formula is C14H22N4O3S3. The molecule has 0 spiro atoms. The zero-order valence-electron chi connectivity index (χ0n) is 14.0. The van der Waals surface area contributed by atoms with Crippen LogP contribution in [-0.2, 0) is 21.2 Å². The lowest BCUT2D eigenvalue weighted by atomic mass is 10.0. The Bertz CT molecular complexity index is 731. The van der Waals surface area contributed by atoms with Gasteiger partial charge in [-0.2, -0.15) is 0 Å². The van der Waals surface area contributed by atoms with Gasteiger partial charge in [0.25, 0.3) is 0 Å². The number of rotatable bonds is 5. The van der Waals surface area contributed by atoms with Crippen molar-refractivity contribution in [2.45, 2.75) is 39.3 Å². The third kappa shape index (κ3) is 4.87. The highest BCUT2D eigenvalue weighted by Crippen LogP contribution is 2.23. The number of sulfone groups is 1. The predicted molar refractivity (Wildman–Crippen MR) is 100 cm³/mol. The van der Waals surface area contributed by atoms with Gasteiger partial charge in [-0.3, -0.25) is 9.69 Å². The average molecular weight is 391 g/mol. The summed E-state index contributed by atoms with van der Waals surface area (Å²) in [5, 5.41) is 9.08. The van der Waals surface area contributed by atoms with Crippen molar-refractivity contribution >= 4 is 49.5 Å². The minimum atomic E-state index is -2.98. The number of carbonyl (C=O) groups is 1. The number of hydrogen-bond acceptors (Lipinski definition) is 6. The van der Waals surface area contributed by atoms with Crippen molar-refractivity contribution in [2.75, 3.05) is 23.0 Å². The van der Waals surface area contributed by atoms with Crippen LogP contribution in [-0.4, -0.2) is 48.0 Å². The first kappa shape index (κ1) is 19.1. The lowest BCUT2D eigenvalue weighted by Crippen LogP contribution is -2.50. The highest BCUT2D eigenvalue weighted by molar-refractivity contribution is 7.91. The summed E-state index contributed by atoms with van der Waals surface area (Å²) < 4.78 is 23.2. The fraction of sp³-hybridized carbons (Fsp3) is 0.643. The smallest absolute Gasteiger partial charge is 0.225 e. The van der Waals surface area contributed by atoms with Crippen LogP contribution in [0.4, 0.5) is 5.13 Å². The van der Waals surface area contributed by atoms with Gasteiger partial charge in [-0.15, -0.1) is 11.3 Å². The molecule has 1 aliphatic rings. The largest absolute Gasteiger partial charge is 0.357 e. The molecule has 2 N–H and O–H groups in total. The molecule has 1 aliphatic heterocycles. The topological polar surface area (TPSA) is 91.4 Å². The van der Waals surface area contributed by atoms with E-state index >= 15 is 0 Å². The Balaban J connectivity index is 1.89. The van der Waals surface area contributed by atoms with Gasteiger partial charge in [0.2, 0.25) is 5.91 Å². The number of nitrogens with one attached hydrogen (secondary N) is 2. The number of thiocarbonyl (C=S) groups is 1. The molecule has 1 fully saturated rings. The number of thiazole rings is 1. The van der Waals surface area contributed by atoms with E-state index in [-0.39, 0.29) is 17.4 Å². The van der Waals surface area contributed by atoms with Crippen LogP contribution in [0.25, 0.3) is 0 Å². The van der Waals surface area contributed by atoms with Crippen LogP contribution in [0.3, 0.4) is 0 Å². The van der Waals surface area contributed by atoms with E-state index in [1.54, 1.807) is 4.90 Å². The van der Waals surface area contributed by atoms with E-state index in [4.69, 9.17) is 12.2 Å². The second-order valence-corrected chi connectivity index (χ2v) is 9.52. The standard InChI is InChI=1S/C14H22N4O3S3/c1-4-18(10(2)19)13-16-11(8-23-13)7-15-12(22)17-14(3)5-6-24(20,21)9-14/h8H,4-7,9H2,1-3H3,(H2,15,17,22). The summed E-state index contributed by atoms with van der Waals surface area (Å²) in [6, 6.07) is 0. The highest BCUT2D eigenvalue weighted by atomic mass is 32.2. The summed E-state index contributed by atoms with van der Waals surface area (Å²) in [4.78, 5) is 17.6. The normalized spacial score (nSPS) is 22.1. The zero-order valence-corrected chi connectivity index (χ0v) is 16.4. The Hall–Kier alpha value is -1.26. The Labute approximate surface area is 151 Å². The second kappa shape index (κ2) is 7.32. The Morgan fingerprint density at radius 3 is 2.79 bits per heavy atom. The zero-order chi connectivity index (χ0) is 18.0. The first-order valence-electron chi connectivity index (χ1n) is 7.63. The van der Waals surface area contributed by atoms with Gasteiger partial charge in [0, 0.05) is 18.8 Å². The third-order valence-corrected chi connectivity index (χ3v) is 6.88. The molecule has 134 valence electrons. The molecule has 24 heavy (non-hydrogen) atoms. The summed E-state index contributed by atoms with van der Waals surface area (Å²) in [6.45, 7) is 6.26. The maximum atomic E-state index is 11.6. The van der Waals surface area contributed by atoms with Crippen LogP contribution in [0, 0.1) is 0 Å². The molecule has 10 heteroatoms. The molecule has 1 aromatic rings. The van der Waals surface area contributed by atoms with Gasteiger partial charge in [0.05, 0.1) is 29.3 Å². The molecule has 0 aliphatic carbocycles. The van der Waals surface area contributed by atoms with Gasteiger partial charge in [-0.25, -0.2) is 13.4 Å². The van der Waals surface area contributed by atoms with E-state index in [1.165, 1.54) is 18.3 Å². The van der Waals surface area contributed by atoms with Crippen molar-refractivity contribution in [1.29, 1.82) is 0 Å². The van der Waals surface area contributed by atoms with Crippen molar-refractivity contribution in [3.05, 3.63) is 11.1 Å². The Morgan fingerprint density at radius 2 is 2.25 bits per heavy atom. The van der Waals surface area contributed by atoms with Crippen molar-refractivity contribution in [1.82, 2.24) is 15.6 Å². The van der Waals surface area contributed by atoms with Gasteiger partial charge in [0.15, 0.2) is 20.1 Å². The van der Waals surface area contributed by atoms with Crippen molar-refractivity contribution < 1.29 is 13.2 Å². The van der Waals surface area contributed by atoms with Gasteiger partial charge >= 0.3 is 0 Å². The molecule has 1 atom stereocenters. The van der Waals surface area contributed by atoms with E-state index in [9.17, 15) is 13.2 Å². The number of aromatic nitrogens is 1. The molecule has 1 saturated heterocycles. The van der Waals surface area contributed by atoms with E-state index in [0.29, 0.717) is 29.8 Å². The lowest BCUT2D eigenvalue weighted by Gasteiger charge is -2.25. The fourth-order valence-electron chi connectivity index (χ4n) is 2.59. The van der Waals surface area contributed by atoms with Crippen molar-refractivity contribution in [3.8, 4) is 0 Å². The SMILES string of the molecule is CCN(C(C)=O)c1nc(CNC(=S)NC2(C)CCS(=O)(=O)C2)cs1. The second-order valence-electron chi connectivity index (χ2n) is 6.10. The minimum Gasteiger partial charge on any atom is -0.357 e. The number of anilines is 1. The number of amides is 1. The van der Waals surface area contributed by atoms with Crippen LogP contribution >= 0.6 is 23.6 Å². The van der Waals surface area contributed by atoms with E-state index in [1.807, 2.05) is 19.2 Å². The maximum Gasteiger partial charge on any atom is 0.225 e. The fourth-order valence-corrected chi connectivity index (χ4v) is 5.94. The number of carbonyl (C=O) groups excluding carboxylic acids is 1. The first-order valence-corrected chi connectivity index (χ1v) is 10.7. The van der Waals surface area contributed by atoms with Crippen LogP contribution in [0.1, 0.15) is 32.9 Å². The molecule has 1 amide bonds. The van der Waals surface area contributed by atoms with Gasteiger partial charge in [-0.1, -0.05) is 0 Å². The molecule has 0 radical (unpaired) electrons. The highest BCUT2D eigenvalue weighted by Gasteiger charge is 2.38. The summed E-state index contributed by atoms with van der Waals surface area (Å²) >= 11 is 6.66. The predicted octanol–water partition coefficient (Wildman–Crippen LogP) is 1.06. The molecule has 2 heterocycles. The van der Waals surface area contributed by atoms with E-state index < -0.39 is 15.4 Å². The lowest BCUT2D eigenvalue weighted by molar-refractivity contribution is -0.116. The Kier molecular flexibility index (Phi) is 5.82. The van der Waals surface area contributed by atoms with Crippen LogP contribution < -0.4 is 15.5 Å². The molecule has 7 nitrogen and oxygen atoms in total. The van der Waals surface area contributed by atoms with Gasteiger partial charge in [0.1, 0.15) is 0 Å². The van der Waals surface area contributed by atoms with Gasteiger partial charge < -0.3 is 10.6 Å². The summed E-state index contributed by atoms with van der Waals surface area (Å²) in [5.41, 5.74) is 0.257. The molecule has 0 saturated carbocycles. The third-order valence-electron chi connectivity index (χ3n) is 3.82. The minimum absolute atomic E-state index is 0.0427. The molecule has 0 aromatic carbocycles.